The second kappa shape index (κ2) is 16.6. The molecule has 2 bridgehead atoms. The lowest BCUT2D eigenvalue weighted by Crippen LogP contribution is -2.56. The van der Waals surface area contributed by atoms with Gasteiger partial charge in [0.05, 0.1) is 24.0 Å². The van der Waals surface area contributed by atoms with Gasteiger partial charge in [0.2, 0.25) is 17.7 Å². The second-order valence-corrected chi connectivity index (χ2v) is 13.7. The molecule has 3 fully saturated rings. The molecule has 3 heterocycles. The van der Waals surface area contributed by atoms with E-state index in [4.69, 9.17) is 9.47 Å². The molecule has 0 saturated carbocycles. The smallest absolute Gasteiger partial charge is 0.313 e. The van der Waals surface area contributed by atoms with Crippen molar-refractivity contribution < 1.29 is 33.8 Å². The van der Waals surface area contributed by atoms with Crippen LogP contribution in [-0.2, 0) is 35.2 Å². The summed E-state index contributed by atoms with van der Waals surface area (Å²) in [6, 6.07) is 17.5. The maximum atomic E-state index is 14.7. The molecule has 0 aromatic heterocycles. The van der Waals surface area contributed by atoms with Gasteiger partial charge < -0.3 is 29.3 Å². The van der Waals surface area contributed by atoms with E-state index in [1.54, 1.807) is 33.9 Å². The molecule has 0 radical (unpaired) electrons. The fraction of sp³-hybridized carbons (Fsp3) is 0.500. The molecule has 0 unspecified atom stereocenters. The molecule has 10 heteroatoms. The van der Waals surface area contributed by atoms with Gasteiger partial charge in [-0.15, -0.1) is 13.2 Å². The minimum absolute atomic E-state index is 0.0435. The molecular formula is C40H51N3O7. The first kappa shape index (κ1) is 37.0. The van der Waals surface area contributed by atoms with E-state index >= 15 is 0 Å². The van der Waals surface area contributed by atoms with Crippen LogP contribution in [0.15, 0.2) is 86.0 Å². The average Bonchev–Trinajstić information content (AvgIpc) is 3.78. The van der Waals surface area contributed by atoms with E-state index in [0.29, 0.717) is 51.6 Å². The number of hydrogen-bond donors (Lipinski definition) is 1. The van der Waals surface area contributed by atoms with Gasteiger partial charge in [-0.1, -0.05) is 72.8 Å². The molecule has 2 aromatic rings. The largest absolute Gasteiger partial charge is 0.455 e. The van der Waals surface area contributed by atoms with Crippen LogP contribution in [0.25, 0.3) is 0 Å². The summed E-state index contributed by atoms with van der Waals surface area (Å²) in [6.45, 7) is 10.4. The SMILES string of the molecule is C=CCCC(=O)N(C)[C@@H](C)[C@@H](OC(=O)[C@@H]1[C@H]2C(=O)N(CCCCCO)[C@H](C(=O)N(CC=C)Cc3ccccc3)[C@]23CC[C@H]1O3)c1ccccc1. The number of aliphatic hydroxyl groups excluding tert-OH is 1. The minimum atomic E-state index is -1.18. The van der Waals surface area contributed by atoms with E-state index in [2.05, 4.69) is 13.2 Å². The molecule has 50 heavy (non-hydrogen) atoms. The number of benzene rings is 2. The quantitative estimate of drug-likeness (QED) is 0.136. The number of esters is 1. The van der Waals surface area contributed by atoms with Gasteiger partial charge >= 0.3 is 5.97 Å². The van der Waals surface area contributed by atoms with Crippen molar-refractivity contribution in [3.05, 3.63) is 97.1 Å². The number of nitrogens with zero attached hydrogens (tertiary/aromatic N) is 3. The number of ether oxygens (including phenoxy) is 2. The predicted molar refractivity (Wildman–Crippen MR) is 189 cm³/mol. The number of allylic oxidation sites excluding steroid dienone is 1. The number of rotatable bonds is 18. The Balaban J connectivity index is 1.45. The number of amides is 3. The first-order valence-electron chi connectivity index (χ1n) is 17.8. The highest BCUT2D eigenvalue weighted by atomic mass is 16.6. The molecular weight excluding hydrogens is 634 g/mol. The zero-order chi connectivity index (χ0) is 35.8. The normalized spacial score (nSPS) is 24.7. The number of likely N-dealkylation sites (N-methyl/N-ethyl adjacent to an activating group) is 1. The zero-order valence-corrected chi connectivity index (χ0v) is 29.3. The summed E-state index contributed by atoms with van der Waals surface area (Å²) >= 11 is 0. The molecule has 3 aliphatic heterocycles. The van der Waals surface area contributed by atoms with Crippen LogP contribution in [0.4, 0.5) is 0 Å². The molecule has 3 amide bonds. The molecule has 7 atom stereocenters. The molecule has 2 aromatic carbocycles. The molecule has 3 aliphatic rings. The average molecular weight is 686 g/mol. The minimum Gasteiger partial charge on any atom is -0.455 e. The molecule has 1 spiro atoms. The topological polar surface area (TPSA) is 117 Å². The zero-order valence-electron chi connectivity index (χ0n) is 29.3. The number of hydrogen-bond acceptors (Lipinski definition) is 7. The number of carbonyl (C=O) groups is 4. The summed E-state index contributed by atoms with van der Waals surface area (Å²) in [5.41, 5.74) is 0.497. The highest BCUT2D eigenvalue weighted by molar-refractivity contribution is 5.98. The summed E-state index contributed by atoms with van der Waals surface area (Å²) in [5, 5.41) is 9.38. The van der Waals surface area contributed by atoms with Gasteiger partial charge in [-0.3, -0.25) is 19.2 Å². The third-order valence-electron chi connectivity index (χ3n) is 10.6. The third-order valence-corrected chi connectivity index (χ3v) is 10.6. The Morgan fingerprint density at radius 3 is 2.42 bits per heavy atom. The number of fused-ring (bicyclic) bond motifs is 1. The fourth-order valence-electron chi connectivity index (χ4n) is 8.00. The van der Waals surface area contributed by atoms with Crippen molar-refractivity contribution >= 4 is 23.7 Å². The van der Waals surface area contributed by atoms with Gasteiger partial charge in [-0.25, -0.2) is 0 Å². The van der Waals surface area contributed by atoms with E-state index in [0.717, 1.165) is 11.1 Å². The van der Waals surface area contributed by atoms with Gasteiger partial charge in [-0.2, -0.15) is 0 Å². The Morgan fingerprint density at radius 2 is 1.76 bits per heavy atom. The van der Waals surface area contributed by atoms with Crippen molar-refractivity contribution in [1.82, 2.24) is 14.7 Å². The fourth-order valence-corrected chi connectivity index (χ4v) is 8.00. The van der Waals surface area contributed by atoms with Crippen LogP contribution in [0.2, 0.25) is 0 Å². The molecule has 1 N–H and O–H groups in total. The highest BCUT2D eigenvalue weighted by Crippen LogP contribution is 2.59. The van der Waals surface area contributed by atoms with Crippen molar-refractivity contribution in [2.24, 2.45) is 11.8 Å². The first-order chi connectivity index (χ1) is 24.2. The van der Waals surface area contributed by atoms with Crippen LogP contribution in [0.1, 0.15) is 69.1 Å². The first-order valence-corrected chi connectivity index (χ1v) is 17.8. The second-order valence-electron chi connectivity index (χ2n) is 13.7. The van der Waals surface area contributed by atoms with E-state index < -0.39 is 47.7 Å². The van der Waals surface area contributed by atoms with Crippen LogP contribution < -0.4 is 0 Å². The monoisotopic (exact) mass is 685 g/mol. The Bertz CT molecular complexity index is 1520. The lowest BCUT2D eigenvalue weighted by molar-refractivity contribution is -0.164. The van der Waals surface area contributed by atoms with E-state index in [1.165, 1.54) is 0 Å². The summed E-state index contributed by atoms with van der Waals surface area (Å²) in [5.74, 6) is -2.98. The van der Waals surface area contributed by atoms with Crippen molar-refractivity contribution in [3.63, 3.8) is 0 Å². The molecule has 268 valence electrons. The van der Waals surface area contributed by atoms with Gasteiger partial charge in [0, 0.05) is 39.7 Å². The molecule has 10 nitrogen and oxygen atoms in total. The van der Waals surface area contributed by atoms with Crippen LogP contribution >= 0.6 is 0 Å². The Kier molecular flexibility index (Phi) is 12.3. The maximum Gasteiger partial charge on any atom is 0.313 e. The van der Waals surface area contributed by atoms with Crippen LogP contribution in [0.5, 0.6) is 0 Å². The Morgan fingerprint density at radius 1 is 1.06 bits per heavy atom. The van der Waals surface area contributed by atoms with Crippen LogP contribution in [0.3, 0.4) is 0 Å². The van der Waals surface area contributed by atoms with Crippen LogP contribution in [-0.4, -0.2) is 94.0 Å². The van der Waals surface area contributed by atoms with Crippen molar-refractivity contribution in [2.45, 2.75) is 88.3 Å². The Labute approximate surface area is 295 Å². The predicted octanol–water partition coefficient (Wildman–Crippen LogP) is 4.84. The lowest BCUT2D eigenvalue weighted by atomic mass is 9.70. The highest BCUT2D eigenvalue weighted by Gasteiger charge is 2.75. The standard InChI is InChI=1S/C40H51N3O7/c1-5-7-21-32(45)41(4)28(3)35(30-19-13-9-14-20-30)49-39(48)33-31-22-23-40(50-31)34(33)37(46)43(25-15-10-16-26-44)36(40)38(47)42(24-6-2)27-29-17-11-8-12-18-29/h5-6,8-9,11-14,17-20,28,31,33-36,44H,1-2,7,10,15-16,21-27H2,3-4H3/t28-,31+,33-,34-,35+,36+,40-/m0/s1. The summed E-state index contributed by atoms with van der Waals surface area (Å²) in [4.78, 5) is 61.5. The summed E-state index contributed by atoms with van der Waals surface area (Å²) in [7, 11) is 1.70. The number of carbonyl (C=O) groups excluding carboxylic acids is 4. The van der Waals surface area contributed by atoms with Gasteiger partial charge in [-0.05, 0) is 56.6 Å². The molecule has 0 aliphatic carbocycles. The van der Waals surface area contributed by atoms with Gasteiger partial charge in [0.15, 0.2) is 0 Å². The molecule has 3 saturated heterocycles. The van der Waals surface area contributed by atoms with Crippen molar-refractivity contribution in [3.8, 4) is 0 Å². The number of likely N-dealkylation sites (tertiary alicyclic amines) is 1. The molecule has 5 rings (SSSR count). The third kappa shape index (κ3) is 7.42. The Hall–Kier alpha value is -4.28. The number of unbranched alkanes of at least 4 members (excludes halogenated alkanes) is 2. The summed E-state index contributed by atoms with van der Waals surface area (Å²) in [6.07, 6.45) is 5.66. The van der Waals surface area contributed by atoms with E-state index in [1.807, 2.05) is 67.6 Å². The van der Waals surface area contributed by atoms with E-state index in [-0.39, 0.29) is 37.3 Å². The number of aliphatic hydroxyl groups is 1. The van der Waals surface area contributed by atoms with Crippen molar-refractivity contribution in [2.75, 3.05) is 26.7 Å². The summed E-state index contributed by atoms with van der Waals surface area (Å²) < 4.78 is 13.0. The van der Waals surface area contributed by atoms with E-state index in [9.17, 15) is 24.3 Å². The van der Waals surface area contributed by atoms with Crippen molar-refractivity contribution in [1.29, 1.82) is 0 Å². The maximum absolute atomic E-state index is 14.7. The lowest BCUT2D eigenvalue weighted by Gasteiger charge is -2.37. The van der Waals surface area contributed by atoms with Gasteiger partial charge in [0.1, 0.15) is 17.7 Å². The van der Waals surface area contributed by atoms with Gasteiger partial charge in [0.25, 0.3) is 0 Å². The van der Waals surface area contributed by atoms with Crippen LogP contribution in [0, 0.1) is 11.8 Å².